The Morgan fingerprint density at radius 3 is 0.862 bits per heavy atom. The Labute approximate surface area is 325 Å². The summed E-state index contributed by atoms with van der Waals surface area (Å²) in [4.78, 5) is 45.7. The zero-order valence-electron chi connectivity index (χ0n) is 32.2. The van der Waals surface area contributed by atoms with Gasteiger partial charge < -0.3 is 18.9 Å². The number of sulfonamides is 1. The Morgan fingerprint density at radius 2 is 0.672 bits per heavy atom. The van der Waals surface area contributed by atoms with Gasteiger partial charge in [0.1, 0.15) is 22.4 Å². The number of nitrogens with one attached hydrogen (secondary N) is 5. The minimum atomic E-state index is -6.85. The van der Waals surface area contributed by atoms with Crippen LogP contribution < -0.4 is 21.3 Å². The third-order valence-electron chi connectivity index (χ3n) is 3.74. The van der Waals surface area contributed by atoms with Crippen LogP contribution in [0.25, 0.3) is 0 Å². The van der Waals surface area contributed by atoms with Crippen LogP contribution in [0.3, 0.4) is 0 Å². The van der Waals surface area contributed by atoms with Crippen LogP contribution in [-0.4, -0.2) is 100 Å². The van der Waals surface area contributed by atoms with Gasteiger partial charge in [-0.05, 0) is 83.1 Å². The second-order valence-corrected chi connectivity index (χ2v) is 19.0. The zero-order valence-corrected chi connectivity index (χ0v) is 34.6. The first-order chi connectivity index (χ1) is 24.9. The molecule has 0 unspecified atom stereocenters. The van der Waals surface area contributed by atoms with E-state index in [0.29, 0.717) is 0 Å². The van der Waals surface area contributed by atoms with Crippen molar-refractivity contribution in [3.05, 3.63) is 0 Å². The lowest BCUT2D eigenvalue weighted by Crippen LogP contribution is -2.48. The molecule has 0 aliphatic rings. The standard InChI is InChI=1S/C12H20F3N3O6S.C11H21N3O4.C2F6O5S2/c1-10(2,3)23-8(19)16-7(17-9(20)24-11(4,5)6)18-25(21,22)12(13,14)15;1-10(2,3)17-8(15)13-7(12)14-9(16)18-11(4,5)6;3-1(4,5)14(9,10)13-15(11,12)2(6,7)8/h1-6H3,(H2,16,17,18,19,20);1-6H3,(H3,12,13,14,15,16);. The highest BCUT2D eigenvalue weighted by molar-refractivity contribution is 8.00. The van der Waals surface area contributed by atoms with Gasteiger partial charge in [-0.3, -0.25) is 26.7 Å². The quantitative estimate of drug-likeness (QED) is 0.0825. The molecule has 0 aromatic carbocycles. The SMILES string of the molecule is CC(C)(C)OC(=O)NC(=N)NC(=O)OC(C)(C)C.CC(C)(C)OC(=O)NC(=NS(=O)(=O)C(F)(F)F)NC(=O)OC(C)(C)C.O=S(=O)(OS(=O)(=O)C(F)(F)F)C(F)(F)F. The number of guanidine groups is 2. The summed E-state index contributed by atoms with van der Waals surface area (Å²) in [7, 11) is -19.7. The molecular formula is C25H41F9N6O15S3. The van der Waals surface area contributed by atoms with Crippen LogP contribution in [0.5, 0.6) is 0 Å². The van der Waals surface area contributed by atoms with E-state index >= 15 is 0 Å². The predicted octanol–water partition coefficient (Wildman–Crippen LogP) is 4.91. The number of hydrogen-bond acceptors (Lipinski definition) is 16. The summed E-state index contributed by atoms with van der Waals surface area (Å²) < 4.78 is 191. The molecule has 5 N–H and O–H groups in total. The molecule has 342 valence electrons. The molecule has 0 saturated heterocycles. The maximum absolute atomic E-state index is 12.4. The zero-order chi connectivity index (χ0) is 47.5. The fourth-order valence-electron chi connectivity index (χ4n) is 2.09. The van der Waals surface area contributed by atoms with Crippen LogP contribution in [-0.2, 0) is 52.8 Å². The Bertz CT molecular complexity index is 1730. The van der Waals surface area contributed by atoms with E-state index in [1.807, 2.05) is 3.63 Å². The summed E-state index contributed by atoms with van der Waals surface area (Å²) in [5.41, 5.74) is -21.7. The molecule has 0 spiro atoms. The topological polar surface area (TPSA) is 301 Å². The first-order valence-electron chi connectivity index (χ1n) is 14.8. The van der Waals surface area contributed by atoms with Crippen molar-refractivity contribution < 1.29 is 107 Å². The van der Waals surface area contributed by atoms with Crippen LogP contribution in [0.1, 0.15) is 83.1 Å². The number of amides is 4. The van der Waals surface area contributed by atoms with Crippen molar-refractivity contribution in [3.8, 4) is 0 Å². The Kier molecular flexibility index (Phi) is 20.0. The predicted molar refractivity (Wildman–Crippen MR) is 179 cm³/mol. The molecule has 0 aliphatic carbocycles. The highest BCUT2D eigenvalue weighted by Crippen LogP contribution is 2.32. The largest absolute Gasteiger partial charge is 0.524 e. The number of nitrogens with zero attached hydrogens (tertiary/aromatic N) is 1. The molecular weight excluding hydrogens is 891 g/mol. The molecule has 33 heteroatoms. The van der Waals surface area contributed by atoms with Crippen LogP contribution >= 0.6 is 0 Å². The molecule has 0 atom stereocenters. The van der Waals surface area contributed by atoms with Gasteiger partial charge >= 0.3 is 71.2 Å². The lowest BCUT2D eigenvalue weighted by molar-refractivity contribution is -0.0586. The number of carbonyl (C=O) groups excluding carboxylic acids is 4. The fraction of sp³-hybridized carbons (Fsp3) is 0.760. The maximum atomic E-state index is 12.4. The fourth-order valence-corrected chi connectivity index (χ4v) is 4.08. The van der Waals surface area contributed by atoms with Crippen molar-refractivity contribution in [1.82, 2.24) is 21.3 Å². The van der Waals surface area contributed by atoms with E-state index in [9.17, 15) is 83.9 Å². The monoisotopic (exact) mass is 932 g/mol. The number of alkyl carbamates (subject to hydrolysis) is 4. The van der Waals surface area contributed by atoms with Gasteiger partial charge in [0.25, 0.3) is 0 Å². The second kappa shape index (κ2) is 20.0. The molecule has 58 heavy (non-hydrogen) atoms. The summed E-state index contributed by atoms with van der Waals surface area (Å²) in [5, 5.41) is 14.7. The first kappa shape index (κ1) is 57.9. The number of halogens is 9. The smallest absolute Gasteiger partial charge is 0.444 e. The van der Waals surface area contributed by atoms with Gasteiger partial charge in [-0.25, -0.2) is 19.2 Å². The summed E-state index contributed by atoms with van der Waals surface area (Å²) in [6.45, 7) is 18.9. The van der Waals surface area contributed by atoms with E-state index in [2.05, 4.69) is 15.0 Å². The minimum absolute atomic E-state index is 0.501. The molecule has 0 fully saturated rings. The van der Waals surface area contributed by atoms with E-state index in [1.54, 1.807) is 52.2 Å². The van der Waals surface area contributed by atoms with E-state index in [0.717, 1.165) is 0 Å². The number of rotatable bonds is 3. The maximum Gasteiger partial charge on any atom is 0.524 e. The average Bonchev–Trinajstić information content (AvgIpc) is 2.81. The van der Waals surface area contributed by atoms with Gasteiger partial charge in [0.05, 0.1) is 0 Å². The molecule has 0 bridgehead atoms. The third-order valence-corrected chi connectivity index (χ3v) is 7.32. The molecule has 0 aliphatic heterocycles. The van der Waals surface area contributed by atoms with E-state index < -0.39 is 105 Å². The van der Waals surface area contributed by atoms with Crippen LogP contribution in [0, 0.1) is 5.41 Å². The number of alkyl halides is 9. The molecule has 0 saturated carbocycles. The molecule has 0 heterocycles. The highest BCUT2D eigenvalue weighted by atomic mass is 32.3. The van der Waals surface area contributed by atoms with Crippen molar-refractivity contribution in [2.75, 3.05) is 0 Å². The van der Waals surface area contributed by atoms with Crippen molar-refractivity contribution in [3.63, 3.8) is 0 Å². The molecule has 0 radical (unpaired) electrons. The van der Waals surface area contributed by atoms with E-state index in [1.165, 1.54) is 41.5 Å². The molecule has 0 aromatic rings. The number of hydrogen-bond donors (Lipinski definition) is 5. The molecule has 4 amide bonds. The van der Waals surface area contributed by atoms with Crippen molar-refractivity contribution in [2.45, 2.75) is 122 Å². The minimum Gasteiger partial charge on any atom is -0.444 e. The third kappa shape index (κ3) is 27.3. The van der Waals surface area contributed by atoms with Gasteiger partial charge in [0.2, 0.25) is 11.9 Å². The summed E-state index contributed by atoms with van der Waals surface area (Å²) in [6, 6.07) is 0. The van der Waals surface area contributed by atoms with Crippen LogP contribution in [0.15, 0.2) is 4.40 Å². The summed E-state index contributed by atoms with van der Waals surface area (Å²) in [6.07, 6.45) is -4.30. The molecule has 0 rings (SSSR count). The van der Waals surface area contributed by atoms with Gasteiger partial charge in [0, 0.05) is 0 Å². The van der Waals surface area contributed by atoms with Crippen molar-refractivity contribution in [1.29, 1.82) is 5.41 Å². The Balaban J connectivity index is -0.000000813. The van der Waals surface area contributed by atoms with Crippen LogP contribution in [0.4, 0.5) is 58.7 Å². The number of ether oxygens (including phenoxy) is 4. The average molecular weight is 933 g/mol. The van der Waals surface area contributed by atoms with Gasteiger partial charge in [-0.2, -0.15) is 64.8 Å². The van der Waals surface area contributed by atoms with Gasteiger partial charge in [-0.1, -0.05) is 0 Å². The summed E-state index contributed by atoms with van der Waals surface area (Å²) in [5.74, 6) is -1.82. The number of carbonyl (C=O) groups is 4. The summed E-state index contributed by atoms with van der Waals surface area (Å²) >= 11 is 0. The Hall–Kier alpha value is -4.40. The van der Waals surface area contributed by atoms with E-state index in [4.69, 9.17) is 24.4 Å². The normalized spacial score (nSPS) is 13.1. The second-order valence-electron chi connectivity index (χ2n) is 14.1. The van der Waals surface area contributed by atoms with Gasteiger partial charge in [0.15, 0.2) is 0 Å². The lowest BCUT2D eigenvalue weighted by atomic mass is 10.2. The van der Waals surface area contributed by atoms with Crippen molar-refractivity contribution >= 4 is 66.6 Å². The van der Waals surface area contributed by atoms with Crippen molar-refractivity contribution in [2.24, 2.45) is 4.40 Å². The Morgan fingerprint density at radius 1 is 0.448 bits per heavy atom. The van der Waals surface area contributed by atoms with Gasteiger partial charge in [-0.15, -0.1) is 8.03 Å². The molecule has 21 nitrogen and oxygen atoms in total. The van der Waals surface area contributed by atoms with Crippen LogP contribution in [0.2, 0.25) is 0 Å². The lowest BCUT2D eigenvalue weighted by Gasteiger charge is -2.22. The van der Waals surface area contributed by atoms with E-state index in [-0.39, 0.29) is 0 Å². The highest BCUT2D eigenvalue weighted by Gasteiger charge is 2.57. The molecule has 0 aromatic heterocycles. The first-order valence-corrected chi connectivity index (χ1v) is 19.0.